The van der Waals surface area contributed by atoms with Gasteiger partial charge in [-0.25, -0.2) is 8.42 Å². The van der Waals surface area contributed by atoms with Crippen LogP contribution in [0.1, 0.15) is 18.5 Å². The minimum atomic E-state index is -3.35. The van der Waals surface area contributed by atoms with Crippen molar-refractivity contribution in [3.05, 3.63) is 34.3 Å². The molecule has 1 aromatic rings. The first-order valence-corrected chi connectivity index (χ1v) is 7.76. The number of hydrogen-bond donors (Lipinski definition) is 2. The highest BCUT2D eigenvalue weighted by atomic mass is 79.9. The predicted octanol–water partition coefficient (Wildman–Crippen LogP) is 1.24. The van der Waals surface area contributed by atoms with Gasteiger partial charge in [-0.1, -0.05) is 35.0 Å². The van der Waals surface area contributed by atoms with E-state index in [1.165, 1.54) is 0 Å². The molecule has 0 aliphatic heterocycles. The number of benzene rings is 1. The van der Waals surface area contributed by atoms with E-state index in [-0.39, 0.29) is 5.75 Å². The molecule has 1 rings (SSSR count). The van der Waals surface area contributed by atoms with Crippen LogP contribution < -0.4 is 5.73 Å². The summed E-state index contributed by atoms with van der Waals surface area (Å²) in [4.78, 5) is 0. The summed E-state index contributed by atoms with van der Waals surface area (Å²) in [6.07, 6.45) is 0. The molecule has 0 radical (unpaired) electrons. The second kappa shape index (κ2) is 5.95. The zero-order valence-corrected chi connectivity index (χ0v) is 11.9. The quantitative estimate of drug-likeness (QED) is 0.855. The third kappa shape index (κ3) is 3.51. The van der Waals surface area contributed by atoms with Crippen molar-refractivity contribution in [1.82, 2.24) is 0 Å². The maximum absolute atomic E-state index is 11.8. The molecule has 0 amide bonds. The number of halogens is 1. The molecule has 0 spiro atoms. The van der Waals surface area contributed by atoms with Crippen molar-refractivity contribution in [2.24, 2.45) is 5.73 Å². The number of hydrogen-bond acceptors (Lipinski definition) is 4. The minimum Gasteiger partial charge on any atom is -0.395 e. The predicted molar refractivity (Wildman–Crippen MR) is 71.4 cm³/mol. The maximum Gasteiger partial charge on any atom is 0.157 e. The zero-order valence-electron chi connectivity index (χ0n) is 9.51. The van der Waals surface area contributed by atoms with E-state index in [1.54, 1.807) is 31.2 Å². The van der Waals surface area contributed by atoms with E-state index in [1.807, 2.05) is 0 Å². The van der Waals surface area contributed by atoms with Crippen molar-refractivity contribution < 1.29 is 13.5 Å². The van der Waals surface area contributed by atoms with Crippen molar-refractivity contribution in [2.75, 3.05) is 12.4 Å². The maximum atomic E-state index is 11.8. The Kier molecular flexibility index (Phi) is 5.12. The largest absolute Gasteiger partial charge is 0.395 e. The number of sulfone groups is 1. The molecular weight excluding hydrogens is 306 g/mol. The van der Waals surface area contributed by atoms with Crippen LogP contribution in [0.3, 0.4) is 0 Å². The summed E-state index contributed by atoms with van der Waals surface area (Å²) in [5, 5.41) is 8.26. The lowest BCUT2D eigenvalue weighted by molar-refractivity contribution is 0.277. The molecule has 0 fully saturated rings. The van der Waals surface area contributed by atoms with Crippen molar-refractivity contribution in [3.63, 3.8) is 0 Å². The molecule has 0 saturated heterocycles. The third-order valence-corrected chi connectivity index (χ3v) is 5.40. The number of aliphatic hydroxyl groups excluding tert-OH is 1. The highest BCUT2D eigenvalue weighted by Gasteiger charge is 2.30. The molecule has 6 heteroatoms. The molecular formula is C11H16BrNO3S. The Hall–Kier alpha value is -0.430. The van der Waals surface area contributed by atoms with Crippen LogP contribution in [0, 0.1) is 0 Å². The van der Waals surface area contributed by atoms with Gasteiger partial charge < -0.3 is 10.8 Å². The summed E-state index contributed by atoms with van der Waals surface area (Å²) >= 11 is 3.29. The van der Waals surface area contributed by atoms with Crippen LogP contribution in [0.25, 0.3) is 0 Å². The van der Waals surface area contributed by atoms with Crippen LogP contribution >= 0.6 is 15.9 Å². The van der Waals surface area contributed by atoms with Crippen LogP contribution in [0.15, 0.2) is 28.7 Å². The first-order chi connectivity index (χ1) is 7.92. The van der Waals surface area contributed by atoms with Gasteiger partial charge in [0.15, 0.2) is 9.84 Å². The fourth-order valence-corrected chi connectivity index (χ4v) is 3.09. The van der Waals surface area contributed by atoms with Crippen LogP contribution in [0.2, 0.25) is 0 Å². The van der Waals surface area contributed by atoms with Crippen molar-refractivity contribution in [1.29, 1.82) is 0 Å². The zero-order chi connectivity index (χ0) is 13.1. The molecule has 2 atom stereocenters. The average molecular weight is 322 g/mol. The Morgan fingerprint density at radius 2 is 1.88 bits per heavy atom. The van der Waals surface area contributed by atoms with Gasteiger partial charge in [0, 0.05) is 16.3 Å². The summed E-state index contributed by atoms with van der Waals surface area (Å²) < 4.78 is 24.4. The van der Waals surface area contributed by atoms with Crippen LogP contribution in [0.4, 0.5) is 0 Å². The van der Waals surface area contributed by atoms with E-state index < -0.39 is 27.7 Å². The Bertz CT molecular complexity index is 458. The molecule has 0 unspecified atom stereocenters. The third-order valence-electron chi connectivity index (χ3n) is 2.70. The topological polar surface area (TPSA) is 80.4 Å². The van der Waals surface area contributed by atoms with Crippen molar-refractivity contribution in [2.45, 2.75) is 18.2 Å². The first-order valence-electron chi connectivity index (χ1n) is 5.25. The molecule has 96 valence electrons. The van der Waals surface area contributed by atoms with Gasteiger partial charge in [-0.3, -0.25) is 0 Å². The lowest BCUT2D eigenvalue weighted by Gasteiger charge is -2.21. The lowest BCUT2D eigenvalue weighted by Crippen LogP contribution is -2.37. The number of rotatable bonds is 5. The van der Waals surface area contributed by atoms with Crippen LogP contribution in [-0.2, 0) is 9.84 Å². The summed E-state index contributed by atoms with van der Waals surface area (Å²) in [5.41, 5.74) is 6.61. The molecule has 3 N–H and O–H groups in total. The second-order valence-corrected chi connectivity index (χ2v) is 7.17. The van der Waals surface area contributed by atoms with E-state index in [0.717, 1.165) is 4.47 Å². The molecule has 0 aliphatic rings. The van der Waals surface area contributed by atoms with Gasteiger partial charge in [0.05, 0.1) is 6.61 Å². The van der Waals surface area contributed by atoms with Gasteiger partial charge in [0.2, 0.25) is 0 Å². The molecule has 1 aromatic carbocycles. The second-order valence-electron chi connectivity index (χ2n) is 3.75. The summed E-state index contributed by atoms with van der Waals surface area (Å²) in [6.45, 7) is 1.08. The smallest absolute Gasteiger partial charge is 0.157 e. The standard InChI is InChI=1S/C11H16BrNO3S/c1-2-17(15,16)10(7-14)11(13)8-3-5-9(12)6-4-8/h3-6,10-11,14H,2,7,13H2,1H3/t10-,11-/m1/s1. The van der Waals surface area contributed by atoms with Gasteiger partial charge >= 0.3 is 0 Å². The molecule has 0 saturated carbocycles. The Morgan fingerprint density at radius 3 is 2.29 bits per heavy atom. The van der Waals surface area contributed by atoms with Crippen molar-refractivity contribution in [3.8, 4) is 0 Å². The first kappa shape index (κ1) is 14.6. The molecule has 17 heavy (non-hydrogen) atoms. The van der Waals surface area contributed by atoms with E-state index in [0.29, 0.717) is 5.56 Å². The van der Waals surface area contributed by atoms with E-state index in [4.69, 9.17) is 5.73 Å². The molecule has 0 aromatic heterocycles. The Balaban J connectivity index is 3.02. The number of nitrogens with two attached hydrogens (primary N) is 1. The van der Waals surface area contributed by atoms with E-state index in [9.17, 15) is 13.5 Å². The summed E-state index contributed by atoms with van der Waals surface area (Å²) in [6, 6.07) is 6.38. The Labute approximate surface area is 110 Å². The van der Waals surface area contributed by atoms with Crippen LogP contribution in [-0.4, -0.2) is 31.1 Å². The summed E-state index contributed by atoms with van der Waals surface area (Å²) in [5.74, 6) is -0.0253. The molecule has 0 heterocycles. The van der Waals surface area contributed by atoms with Crippen molar-refractivity contribution >= 4 is 25.8 Å². The molecule has 0 aliphatic carbocycles. The lowest BCUT2D eigenvalue weighted by atomic mass is 10.1. The number of aliphatic hydroxyl groups is 1. The minimum absolute atomic E-state index is 0.0253. The fraction of sp³-hybridized carbons (Fsp3) is 0.455. The van der Waals surface area contributed by atoms with Gasteiger partial charge in [0.1, 0.15) is 5.25 Å². The highest BCUT2D eigenvalue weighted by Crippen LogP contribution is 2.22. The fourth-order valence-electron chi connectivity index (χ4n) is 1.56. The van der Waals surface area contributed by atoms with Gasteiger partial charge in [0.25, 0.3) is 0 Å². The normalized spacial score (nSPS) is 15.5. The van der Waals surface area contributed by atoms with Gasteiger partial charge in [-0.05, 0) is 17.7 Å². The van der Waals surface area contributed by atoms with Gasteiger partial charge in [-0.15, -0.1) is 0 Å². The van der Waals surface area contributed by atoms with Crippen LogP contribution in [0.5, 0.6) is 0 Å². The van der Waals surface area contributed by atoms with E-state index >= 15 is 0 Å². The average Bonchev–Trinajstić information content (AvgIpc) is 2.30. The monoisotopic (exact) mass is 321 g/mol. The van der Waals surface area contributed by atoms with E-state index in [2.05, 4.69) is 15.9 Å². The Morgan fingerprint density at radius 1 is 1.35 bits per heavy atom. The van der Waals surface area contributed by atoms with Gasteiger partial charge in [-0.2, -0.15) is 0 Å². The SMILES string of the molecule is CCS(=O)(=O)[C@H](CO)[C@H](N)c1ccc(Br)cc1. The highest BCUT2D eigenvalue weighted by molar-refractivity contribution is 9.10. The molecule has 4 nitrogen and oxygen atoms in total. The summed E-state index contributed by atoms with van der Waals surface area (Å²) in [7, 11) is -3.35. The molecule has 0 bridgehead atoms.